The Morgan fingerprint density at radius 1 is 1.05 bits per heavy atom. The zero-order chi connectivity index (χ0) is 16.0. The molecule has 0 aliphatic carbocycles. The lowest BCUT2D eigenvalue weighted by molar-refractivity contribution is 0.00304. The van der Waals surface area contributed by atoms with Gasteiger partial charge in [0.15, 0.2) is 0 Å². The molecule has 1 rings (SSSR count). The molecule has 0 aliphatic heterocycles. The molecule has 5 heteroatoms. The van der Waals surface area contributed by atoms with Crippen molar-refractivity contribution < 1.29 is 20.1 Å². The summed E-state index contributed by atoms with van der Waals surface area (Å²) in [6.07, 6.45) is 1.34. The Hall–Kier alpha value is -1.52. The van der Waals surface area contributed by atoms with Gasteiger partial charge in [0, 0.05) is 5.41 Å². The molecule has 0 spiro atoms. The first-order valence-electron chi connectivity index (χ1n) is 6.35. The minimum absolute atomic E-state index is 0.156. The quantitative estimate of drug-likeness (QED) is 0.497. The molecule has 114 valence electrons. The SMILES string of the molecule is CCC(CO)(CO)CO.Cc1ccccc1C.N=C=O. The summed E-state index contributed by atoms with van der Waals surface area (Å²) in [5.41, 5.74) is 2.07. The molecule has 0 saturated carbocycles. The maximum absolute atomic E-state index is 8.66. The molecule has 1 aromatic carbocycles. The molecule has 0 bridgehead atoms. The van der Waals surface area contributed by atoms with E-state index >= 15 is 0 Å². The van der Waals surface area contributed by atoms with E-state index in [-0.39, 0.29) is 19.8 Å². The zero-order valence-electron chi connectivity index (χ0n) is 12.4. The Kier molecular flexibility index (Phi) is 13.0. The van der Waals surface area contributed by atoms with Gasteiger partial charge in [-0.3, -0.25) is 0 Å². The van der Waals surface area contributed by atoms with Gasteiger partial charge in [-0.25, -0.2) is 10.2 Å². The van der Waals surface area contributed by atoms with E-state index in [1.165, 1.54) is 11.1 Å². The molecule has 20 heavy (non-hydrogen) atoms. The topological polar surface area (TPSA) is 102 Å². The van der Waals surface area contributed by atoms with E-state index in [0.29, 0.717) is 6.42 Å². The standard InChI is InChI=1S/C8H10.C6H14O3.CHNO/c1-7-5-3-4-6-8(7)2;1-2-6(3-7,4-8)5-9;2-1-3/h3-6H,1-2H3;7-9H,2-5H2,1H3;2H. The summed E-state index contributed by atoms with van der Waals surface area (Å²) in [7, 11) is 0. The monoisotopic (exact) mass is 283 g/mol. The van der Waals surface area contributed by atoms with E-state index < -0.39 is 5.41 Å². The zero-order valence-corrected chi connectivity index (χ0v) is 12.4. The van der Waals surface area contributed by atoms with Crippen LogP contribution >= 0.6 is 0 Å². The van der Waals surface area contributed by atoms with Gasteiger partial charge in [0.05, 0.1) is 19.8 Å². The molecule has 0 unspecified atom stereocenters. The average Bonchev–Trinajstić information content (AvgIpc) is 2.47. The molecule has 5 nitrogen and oxygen atoms in total. The molecular formula is C15H25NO4. The van der Waals surface area contributed by atoms with Crippen molar-refractivity contribution in [2.45, 2.75) is 27.2 Å². The number of benzene rings is 1. The van der Waals surface area contributed by atoms with Crippen LogP contribution in [0.1, 0.15) is 24.5 Å². The van der Waals surface area contributed by atoms with Gasteiger partial charge >= 0.3 is 0 Å². The van der Waals surface area contributed by atoms with Crippen LogP contribution in [0.4, 0.5) is 0 Å². The fourth-order valence-corrected chi connectivity index (χ4v) is 1.15. The maximum atomic E-state index is 8.66. The maximum Gasteiger partial charge on any atom is 0.231 e. The van der Waals surface area contributed by atoms with Gasteiger partial charge in [-0.15, -0.1) is 0 Å². The van der Waals surface area contributed by atoms with E-state index in [2.05, 4.69) is 38.1 Å². The van der Waals surface area contributed by atoms with Gasteiger partial charge in [0.25, 0.3) is 0 Å². The van der Waals surface area contributed by atoms with E-state index in [0.717, 1.165) is 6.08 Å². The van der Waals surface area contributed by atoms with Crippen LogP contribution in [-0.2, 0) is 4.79 Å². The molecule has 0 fully saturated rings. The Balaban J connectivity index is 0. The van der Waals surface area contributed by atoms with Crippen molar-refractivity contribution in [3.05, 3.63) is 35.4 Å². The van der Waals surface area contributed by atoms with Crippen molar-refractivity contribution in [3.63, 3.8) is 0 Å². The molecule has 0 saturated heterocycles. The summed E-state index contributed by atoms with van der Waals surface area (Å²) in [5.74, 6) is 0. The van der Waals surface area contributed by atoms with E-state index in [1.807, 2.05) is 6.92 Å². The van der Waals surface area contributed by atoms with Crippen LogP contribution in [0.3, 0.4) is 0 Å². The minimum atomic E-state index is -0.667. The first-order valence-corrected chi connectivity index (χ1v) is 6.35. The largest absolute Gasteiger partial charge is 0.396 e. The van der Waals surface area contributed by atoms with Crippen LogP contribution < -0.4 is 0 Å². The number of isocyanates is 1. The normalized spacial score (nSPS) is 9.50. The number of aliphatic hydroxyl groups excluding tert-OH is 3. The third-order valence-electron chi connectivity index (χ3n) is 3.18. The lowest BCUT2D eigenvalue weighted by atomic mass is 9.88. The highest BCUT2D eigenvalue weighted by atomic mass is 16.3. The van der Waals surface area contributed by atoms with Gasteiger partial charge in [0.2, 0.25) is 6.08 Å². The van der Waals surface area contributed by atoms with Crippen molar-refractivity contribution in [1.82, 2.24) is 0 Å². The van der Waals surface area contributed by atoms with Crippen LogP contribution in [0.15, 0.2) is 24.3 Å². The molecule has 0 radical (unpaired) electrons. The van der Waals surface area contributed by atoms with Crippen molar-refractivity contribution in [2.24, 2.45) is 5.41 Å². The van der Waals surface area contributed by atoms with Gasteiger partial charge in [-0.05, 0) is 31.4 Å². The second-order valence-corrected chi connectivity index (χ2v) is 4.51. The first-order chi connectivity index (χ1) is 9.46. The second-order valence-electron chi connectivity index (χ2n) is 4.51. The molecular weight excluding hydrogens is 258 g/mol. The molecule has 0 atom stereocenters. The van der Waals surface area contributed by atoms with Crippen LogP contribution in [0, 0.1) is 24.7 Å². The second kappa shape index (κ2) is 12.5. The summed E-state index contributed by atoms with van der Waals surface area (Å²) >= 11 is 0. The van der Waals surface area contributed by atoms with E-state index in [1.54, 1.807) is 0 Å². The lowest BCUT2D eigenvalue weighted by Crippen LogP contribution is -2.32. The van der Waals surface area contributed by atoms with Gasteiger partial charge in [0.1, 0.15) is 0 Å². The molecule has 4 N–H and O–H groups in total. The third kappa shape index (κ3) is 8.56. The Morgan fingerprint density at radius 3 is 1.45 bits per heavy atom. The average molecular weight is 283 g/mol. The van der Waals surface area contributed by atoms with Crippen LogP contribution in [0.2, 0.25) is 0 Å². The fraction of sp³-hybridized carbons (Fsp3) is 0.533. The van der Waals surface area contributed by atoms with Crippen LogP contribution in [0.5, 0.6) is 0 Å². The fourth-order valence-electron chi connectivity index (χ4n) is 1.15. The minimum Gasteiger partial charge on any atom is -0.396 e. The molecule has 0 aliphatic rings. The summed E-state index contributed by atoms with van der Waals surface area (Å²) in [4.78, 5) is 8.35. The smallest absolute Gasteiger partial charge is 0.231 e. The summed E-state index contributed by atoms with van der Waals surface area (Å²) < 4.78 is 0. The molecule has 1 aromatic rings. The number of nitrogens with one attached hydrogen (secondary N) is 1. The van der Waals surface area contributed by atoms with Crippen LogP contribution in [-0.4, -0.2) is 41.2 Å². The molecule has 0 amide bonds. The Labute approximate surface area is 120 Å². The highest BCUT2D eigenvalue weighted by molar-refractivity contribution is 5.26. The van der Waals surface area contributed by atoms with Crippen molar-refractivity contribution in [3.8, 4) is 0 Å². The number of aliphatic hydroxyl groups is 3. The van der Waals surface area contributed by atoms with Gasteiger partial charge < -0.3 is 15.3 Å². The highest BCUT2D eigenvalue weighted by Gasteiger charge is 2.24. The Bertz CT molecular complexity index is 345. The van der Waals surface area contributed by atoms with Crippen molar-refractivity contribution in [1.29, 1.82) is 5.41 Å². The summed E-state index contributed by atoms with van der Waals surface area (Å²) in [6, 6.07) is 8.36. The Morgan fingerprint density at radius 2 is 1.35 bits per heavy atom. The van der Waals surface area contributed by atoms with E-state index in [9.17, 15) is 0 Å². The number of rotatable bonds is 4. The first kappa shape index (κ1) is 20.8. The predicted octanol–water partition coefficient (Wildman–Crippen LogP) is 1.56. The number of hydrogen-bond acceptors (Lipinski definition) is 5. The third-order valence-corrected chi connectivity index (χ3v) is 3.18. The summed E-state index contributed by atoms with van der Waals surface area (Å²) in [5, 5.41) is 31.4. The van der Waals surface area contributed by atoms with Gasteiger partial charge in [-0.2, -0.15) is 0 Å². The number of hydrogen-bond donors (Lipinski definition) is 4. The number of carbonyl (C=O) groups excluding carboxylic acids is 1. The van der Waals surface area contributed by atoms with E-state index in [4.69, 9.17) is 25.5 Å². The molecule has 0 aromatic heterocycles. The lowest BCUT2D eigenvalue weighted by Gasteiger charge is -2.24. The van der Waals surface area contributed by atoms with Crippen molar-refractivity contribution >= 4 is 6.08 Å². The molecule has 0 heterocycles. The highest BCUT2D eigenvalue weighted by Crippen LogP contribution is 2.18. The van der Waals surface area contributed by atoms with Crippen LogP contribution in [0.25, 0.3) is 0 Å². The predicted molar refractivity (Wildman–Crippen MR) is 78.3 cm³/mol. The van der Waals surface area contributed by atoms with Gasteiger partial charge in [-0.1, -0.05) is 31.2 Å². The van der Waals surface area contributed by atoms with Crippen molar-refractivity contribution in [2.75, 3.05) is 19.8 Å². The summed E-state index contributed by atoms with van der Waals surface area (Å²) in [6.45, 7) is 5.59. The number of aryl methyl sites for hydroxylation is 2.